The third-order valence-electron chi connectivity index (χ3n) is 3.35. The molecule has 1 aliphatic heterocycles. The predicted octanol–water partition coefficient (Wildman–Crippen LogP) is -0.653. The molecule has 0 radical (unpaired) electrons. The van der Waals surface area contributed by atoms with Crippen molar-refractivity contribution in [2.24, 2.45) is 0 Å². The quantitative estimate of drug-likeness (QED) is 0.636. The molecule has 0 aromatic heterocycles. The van der Waals surface area contributed by atoms with Crippen molar-refractivity contribution in [2.75, 3.05) is 46.3 Å². The van der Waals surface area contributed by atoms with E-state index >= 15 is 0 Å². The number of aliphatic hydroxyl groups is 1. The number of β-amino-alcohol motifs (C(OH)–C–C–N with tert-alkyl or cyclic N) is 1. The first-order valence-corrected chi connectivity index (χ1v) is 6.07. The average Bonchev–Trinajstić information content (AvgIpc) is 3.01. The van der Waals surface area contributed by atoms with Gasteiger partial charge >= 0.3 is 0 Å². The molecule has 1 saturated heterocycles. The van der Waals surface area contributed by atoms with E-state index in [1.54, 1.807) is 0 Å². The summed E-state index contributed by atoms with van der Waals surface area (Å²) >= 11 is 0. The minimum absolute atomic E-state index is 0.186. The van der Waals surface area contributed by atoms with Crippen LogP contribution < -0.4 is 5.32 Å². The number of likely N-dealkylation sites (N-methyl/N-ethyl adjacent to an activating group) is 1. The predicted molar refractivity (Wildman–Crippen MR) is 61.0 cm³/mol. The smallest absolute Gasteiger partial charge is 0.0793 e. The second-order valence-corrected chi connectivity index (χ2v) is 4.88. The van der Waals surface area contributed by atoms with E-state index in [-0.39, 0.29) is 6.10 Å². The van der Waals surface area contributed by atoms with Crippen LogP contribution in [0.2, 0.25) is 0 Å². The molecule has 1 aliphatic carbocycles. The fourth-order valence-electron chi connectivity index (χ4n) is 2.25. The maximum Gasteiger partial charge on any atom is 0.0793 e. The molecule has 0 bridgehead atoms. The van der Waals surface area contributed by atoms with Crippen LogP contribution >= 0.6 is 0 Å². The first-order valence-electron chi connectivity index (χ1n) is 6.07. The van der Waals surface area contributed by atoms with Crippen molar-refractivity contribution >= 4 is 0 Å². The number of piperazine rings is 1. The van der Waals surface area contributed by atoms with Gasteiger partial charge in [-0.3, -0.25) is 4.90 Å². The lowest BCUT2D eigenvalue weighted by Crippen LogP contribution is -2.48. The summed E-state index contributed by atoms with van der Waals surface area (Å²) in [6, 6.07) is 0.752. The van der Waals surface area contributed by atoms with Crippen molar-refractivity contribution < 1.29 is 5.11 Å². The lowest BCUT2D eigenvalue weighted by molar-refractivity contribution is 0.0750. The molecule has 1 unspecified atom stereocenters. The molecule has 1 saturated carbocycles. The molecule has 1 heterocycles. The lowest BCUT2D eigenvalue weighted by atomic mass is 10.2. The first kappa shape index (κ1) is 11.3. The first-order chi connectivity index (χ1) is 7.25. The summed E-state index contributed by atoms with van der Waals surface area (Å²) in [5, 5.41) is 13.3. The van der Waals surface area contributed by atoms with Crippen LogP contribution in [0.5, 0.6) is 0 Å². The van der Waals surface area contributed by atoms with E-state index < -0.39 is 0 Å². The van der Waals surface area contributed by atoms with Crippen LogP contribution in [0, 0.1) is 0 Å². The van der Waals surface area contributed by atoms with Crippen LogP contribution in [0.3, 0.4) is 0 Å². The van der Waals surface area contributed by atoms with E-state index in [9.17, 15) is 5.11 Å². The van der Waals surface area contributed by atoms with Crippen molar-refractivity contribution in [3.05, 3.63) is 0 Å². The van der Waals surface area contributed by atoms with Gasteiger partial charge < -0.3 is 15.3 Å². The highest BCUT2D eigenvalue weighted by molar-refractivity contribution is 4.84. The second-order valence-electron chi connectivity index (χ2n) is 4.88. The summed E-state index contributed by atoms with van der Waals surface area (Å²) in [6.45, 7) is 5.93. The van der Waals surface area contributed by atoms with Crippen molar-refractivity contribution in [3.8, 4) is 0 Å². The van der Waals surface area contributed by atoms with Crippen LogP contribution in [0.15, 0.2) is 0 Å². The van der Waals surface area contributed by atoms with Crippen molar-refractivity contribution in [3.63, 3.8) is 0 Å². The van der Waals surface area contributed by atoms with Gasteiger partial charge in [-0.05, 0) is 19.9 Å². The van der Waals surface area contributed by atoms with Gasteiger partial charge in [0, 0.05) is 45.3 Å². The Hall–Kier alpha value is -0.160. The molecular formula is C11H23N3O. The van der Waals surface area contributed by atoms with Crippen molar-refractivity contribution in [1.29, 1.82) is 0 Å². The summed E-state index contributed by atoms with van der Waals surface area (Å²) in [5.74, 6) is 0. The van der Waals surface area contributed by atoms with E-state index in [0.717, 1.165) is 45.3 Å². The highest BCUT2D eigenvalue weighted by Crippen LogP contribution is 2.25. The molecule has 4 nitrogen and oxygen atoms in total. The molecule has 2 N–H and O–H groups in total. The molecule has 2 aliphatic rings. The third-order valence-corrected chi connectivity index (χ3v) is 3.35. The molecule has 0 aromatic rings. The van der Waals surface area contributed by atoms with Crippen LogP contribution in [-0.4, -0.2) is 73.4 Å². The molecule has 88 valence electrons. The van der Waals surface area contributed by atoms with Crippen LogP contribution in [-0.2, 0) is 0 Å². The van der Waals surface area contributed by atoms with Crippen molar-refractivity contribution in [2.45, 2.75) is 25.0 Å². The molecule has 15 heavy (non-hydrogen) atoms. The topological polar surface area (TPSA) is 38.7 Å². The minimum atomic E-state index is -0.186. The van der Waals surface area contributed by atoms with E-state index in [4.69, 9.17) is 0 Å². The van der Waals surface area contributed by atoms with Gasteiger partial charge in [0.25, 0.3) is 0 Å². The molecular weight excluding hydrogens is 190 g/mol. The van der Waals surface area contributed by atoms with Crippen LogP contribution in [0.1, 0.15) is 12.8 Å². The summed E-state index contributed by atoms with van der Waals surface area (Å²) in [7, 11) is 2.12. The second kappa shape index (κ2) is 5.25. The number of nitrogens with one attached hydrogen (secondary N) is 1. The Labute approximate surface area is 92.2 Å². The van der Waals surface area contributed by atoms with Gasteiger partial charge in [-0.25, -0.2) is 0 Å². The van der Waals surface area contributed by atoms with Gasteiger partial charge in [-0.15, -0.1) is 0 Å². The molecule has 2 fully saturated rings. The zero-order valence-electron chi connectivity index (χ0n) is 9.65. The molecule has 2 rings (SSSR count). The fraction of sp³-hybridized carbons (Fsp3) is 1.00. The molecule has 1 atom stereocenters. The average molecular weight is 213 g/mol. The van der Waals surface area contributed by atoms with Crippen LogP contribution in [0.4, 0.5) is 0 Å². The highest BCUT2D eigenvalue weighted by atomic mass is 16.3. The number of aliphatic hydroxyl groups excluding tert-OH is 1. The monoisotopic (exact) mass is 213 g/mol. The van der Waals surface area contributed by atoms with E-state index in [2.05, 4.69) is 22.2 Å². The Bertz CT molecular complexity index is 190. The SMILES string of the molecule is CN(CC(O)CN1CCNCC1)C1CC1. The Balaban J connectivity index is 1.63. The summed E-state index contributed by atoms with van der Waals surface area (Å²) in [4.78, 5) is 4.65. The fourth-order valence-corrected chi connectivity index (χ4v) is 2.25. The van der Waals surface area contributed by atoms with Crippen LogP contribution in [0.25, 0.3) is 0 Å². The summed E-state index contributed by atoms with van der Waals surface area (Å²) in [5.41, 5.74) is 0. The summed E-state index contributed by atoms with van der Waals surface area (Å²) < 4.78 is 0. The van der Waals surface area contributed by atoms with E-state index in [1.165, 1.54) is 12.8 Å². The Morgan fingerprint density at radius 2 is 2.07 bits per heavy atom. The molecule has 0 spiro atoms. The van der Waals surface area contributed by atoms with Gasteiger partial charge in [-0.1, -0.05) is 0 Å². The number of hydrogen-bond donors (Lipinski definition) is 2. The molecule has 4 heteroatoms. The third kappa shape index (κ3) is 3.72. The van der Waals surface area contributed by atoms with Gasteiger partial charge in [-0.2, -0.15) is 0 Å². The maximum absolute atomic E-state index is 9.94. The molecule has 0 amide bonds. The standard InChI is InChI=1S/C11H23N3O/c1-13(10-2-3-10)8-11(15)9-14-6-4-12-5-7-14/h10-12,15H,2-9H2,1H3. The maximum atomic E-state index is 9.94. The Morgan fingerprint density at radius 1 is 1.40 bits per heavy atom. The highest BCUT2D eigenvalue weighted by Gasteiger charge is 2.27. The summed E-state index contributed by atoms with van der Waals surface area (Å²) in [6.07, 6.45) is 2.45. The van der Waals surface area contributed by atoms with Gasteiger partial charge in [0.1, 0.15) is 0 Å². The Morgan fingerprint density at radius 3 is 2.67 bits per heavy atom. The zero-order chi connectivity index (χ0) is 10.7. The number of nitrogens with zero attached hydrogens (tertiary/aromatic N) is 2. The van der Waals surface area contributed by atoms with Gasteiger partial charge in [0.05, 0.1) is 6.10 Å². The molecule has 0 aromatic carbocycles. The zero-order valence-corrected chi connectivity index (χ0v) is 9.65. The van der Waals surface area contributed by atoms with Crippen molar-refractivity contribution in [1.82, 2.24) is 15.1 Å². The van der Waals surface area contributed by atoms with Gasteiger partial charge in [0.15, 0.2) is 0 Å². The van der Waals surface area contributed by atoms with Gasteiger partial charge in [0.2, 0.25) is 0 Å². The Kier molecular flexibility index (Phi) is 3.97. The lowest BCUT2D eigenvalue weighted by Gasteiger charge is -2.30. The van der Waals surface area contributed by atoms with E-state index in [1.807, 2.05) is 0 Å². The number of rotatable bonds is 5. The minimum Gasteiger partial charge on any atom is -0.390 e. The normalized spacial score (nSPS) is 25.8. The van der Waals surface area contributed by atoms with E-state index in [0.29, 0.717) is 0 Å². The largest absolute Gasteiger partial charge is 0.390 e. The number of hydrogen-bond acceptors (Lipinski definition) is 4.